The highest BCUT2D eigenvalue weighted by atomic mass is 19.1. The Kier molecular flexibility index (Phi) is 16.5. The standard InChI is InChI=1S/C31H50F2N2O6/c32-24(14-5-1-3-9-20-38-28-18-7-11-22-40-28)30(36)34-26-16-13-17-27(26)35-31(37)25(33)15-6-2-4-10-21-39-29-19-8-12-23-41-29/h14-15,26-29H,1-13,16-23H2,(H,34,36)(H,35,37)/b24-14+,25-15+/t26-,27+,28?,29?. The van der Waals surface area contributed by atoms with E-state index in [1.165, 1.54) is 12.2 Å². The Bertz CT molecular complexity index is 761. The molecule has 0 bridgehead atoms. The van der Waals surface area contributed by atoms with E-state index in [4.69, 9.17) is 18.9 Å². The molecule has 234 valence electrons. The number of rotatable bonds is 18. The lowest BCUT2D eigenvalue weighted by molar-refractivity contribution is -0.163. The largest absolute Gasteiger partial charge is 0.353 e. The summed E-state index contributed by atoms with van der Waals surface area (Å²) in [5, 5.41) is 5.34. The van der Waals surface area contributed by atoms with Crippen LogP contribution in [-0.2, 0) is 28.5 Å². The molecule has 41 heavy (non-hydrogen) atoms. The lowest BCUT2D eigenvalue weighted by Gasteiger charge is -2.22. The molecular formula is C31H50F2N2O6. The minimum atomic E-state index is -0.823. The zero-order chi connectivity index (χ0) is 29.1. The summed E-state index contributed by atoms with van der Waals surface area (Å²) in [6.45, 7) is 2.75. The fourth-order valence-corrected chi connectivity index (χ4v) is 5.38. The van der Waals surface area contributed by atoms with Crippen molar-refractivity contribution in [3.05, 3.63) is 23.8 Å². The zero-order valence-corrected chi connectivity index (χ0v) is 24.5. The van der Waals surface area contributed by atoms with Crippen LogP contribution in [-0.4, -0.2) is 62.9 Å². The van der Waals surface area contributed by atoms with Crippen molar-refractivity contribution in [1.82, 2.24) is 10.6 Å². The Morgan fingerprint density at radius 2 is 1.10 bits per heavy atom. The third-order valence-corrected chi connectivity index (χ3v) is 7.81. The number of allylic oxidation sites excluding steroid dienone is 2. The van der Waals surface area contributed by atoms with E-state index in [0.29, 0.717) is 38.9 Å². The van der Waals surface area contributed by atoms with Gasteiger partial charge >= 0.3 is 0 Å². The molecule has 2 N–H and O–H groups in total. The van der Waals surface area contributed by atoms with Gasteiger partial charge in [0.1, 0.15) is 0 Å². The van der Waals surface area contributed by atoms with E-state index >= 15 is 0 Å². The van der Waals surface area contributed by atoms with Crippen molar-refractivity contribution in [1.29, 1.82) is 0 Å². The summed E-state index contributed by atoms with van der Waals surface area (Å²) in [6, 6.07) is -0.851. The van der Waals surface area contributed by atoms with Crippen LogP contribution >= 0.6 is 0 Å². The van der Waals surface area contributed by atoms with Gasteiger partial charge in [-0.3, -0.25) is 9.59 Å². The summed E-state index contributed by atoms with van der Waals surface area (Å²) in [5.41, 5.74) is 0. The number of unbranched alkanes of at least 4 members (excludes halogenated alkanes) is 6. The van der Waals surface area contributed by atoms with Crippen LogP contribution in [0.4, 0.5) is 8.78 Å². The van der Waals surface area contributed by atoms with Crippen molar-refractivity contribution < 1.29 is 37.3 Å². The Balaban J connectivity index is 1.24. The molecule has 2 aliphatic heterocycles. The van der Waals surface area contributed by atoms with Crippen LogP contribution in [0.2, 0.25) is 0 Å². The van der Waals surface area contributed by atoms with Gasteiger partial charge in [0.2, 0.25) is 0 Å². The van der Waals surface area contributed by atoms with E-state index in [-0.39, 0.29) is 12.6 Å². The highest BCUT2D eigenvalue weighted by Gasteiger charge is 2.31. The van der Waals surface area contributed by atoms with Crippen molar-refractivity contribution in [2.45, 2.75) is 134 Å². The first kappa shape index (κ1) is 33.6. The van der Waals surface area contributed by atoms with Crippen LogP contribution in [0.25, 0.3) is 0 Å². The highest BCUT2D eigenvalue weighted by molar-refractivity contribution is 5.92. The molecule has 0 aromatic heterocycles. The second-order valence-electron chi connectivity index (χ2n) is 11.2. The van der Waals surface area contributed by atoms with E-state index in [1.807, 2.05) is 0 Å². The average Bonchev–Trinajstić information content (AvgIpc) is 3.42. The van der Waals surface area contributed by atoms with Crippen molar-refractivity contribution in [2.75, 3.05) is 26.4 Å². The molecule has 0 aromatic rings. The second-order valence-corrected chi connectivity index (χ2v) is 11.2. The molecule has 0 radical (unpaired) electrons. The van der Waals surface area contributed by atoms with E-state index in [1.54, 1.807) is 0 Å². The van der Waals surface area contributed by atoms with Crippen LogP contribution < -0.4 is 10.6 Å². The van der Waals surface area contributed by atoms with Gasteiger partial charge < -0.3 is 29.6 Å². The fourth-order valence-electron chi connectivity index (χ4n) is 5.38. The normalized spacial score (nSPS) is 25.7. The van der Waals surface area contributed by atoms with E-state index in [2.05, 4.69) is 10.6 Å². The van der Waals surface area contributed by atoms with Crippen molar-refractivity contribution in [3.8, 4) is 0 Å². The summed E-state index contributed by atoms with van der Waals surface area (Å²) < 4.78 is 51.2. The number of nitrogens with one attached hydrogen (secondary N) is 2. The van der Waals surface area contributed by atoms with Gasteiger partial charge in [-0.2, -0.15) is 0 Å². The van der Waals surface area contributed by atoms with Gasteiger partial charge in [-0.15, -0.1) is 0 Å². The maximum atomic E-state index is 14.4. The molecule has 0 aromatic carbocycles. The first-order valence-electron chi connectivity index (χ1n) is 15.8. The van der Waals surface area contributed by atoms with E-state index in [9.17, 15) is 18.4 Å². The molecule has 1 saturated carbocycles. The van der Waals surface area contributed by atoms with Gasteiger partial charge in [0.25, 0.3) is 11.8 Å². The van der Waals surface area contributed by atoms with Crippen molar-refractivity contribution >= 4 is 11.8 Å². The number of amides is 2. The SMILES string of the molecule is O=C(N[C@H]1CCC[C@H]1NC(=O)/C(F)=C\CCCCCOC1CCCCO1)/C(F)=C\CCCCCOC1CCCCO1. The number of hydrogen-bond donors (Lipinski definition) is 2. The molecule has 3 aliphatic rings. The van der Waals surface area contributed by atoms with Gasteiger partial charge in [0, 0.05) is 38.5 Å². The average molecular weight is 585 g/mol. The molecule has 2 saturated heterocycles. The van der Waals surface area contributed by atoms with Crippen LogP contribution in [0.5, 0.6) is 0 Å². The molecule has 2 heterocycles. The van der Waals surface area contributed by atoms with Gasteiger partial charge in [-0.1, -0.05) is 12.8 Å². The number of carbonyl (C=O) groups excluding carboxylic acids is 2. The van der Waals surface area contributed by atoms with Crippen LogP contribution in [0.15, 0.2) is 23.8 Å². The molecule has 1 aliphatic carbocycles. The topological polar surface area (TPSA) is 95.1 Å². The summed E-state index contributed by atoms with van der Waals surface area (Å²) in [7, 11) is 0. The van der Waals surface area contributed by atoms with Gasteiger partial charge in [-0.25, -0.2) is 8.78 Å². The monoisotopic (exact) mass is 584 g/mol. The lowest BCUT2D eigenvalue weighted by Crippen LogP contribution is -2.48. The predicted octanol–water partition coefficient (Wildman–Crippen LogP) is 6.05. The van der Waals surface area contributed by atoms with Crippen molar-refractivity contribution in [2.24, 2.45) is 0 Å². The van der Waals surface area contributed by atoms with Crippen LogP contribution in [0, 0.1) is 0 Å². The van der Waals surface area contributed by atoms with Gasteiger partial charge in [-0.05, 0) is 108 Å². The van der Waals surface area contributed by atoms with E-state index in [0.717, 1.165) is 96.7 Å². The van der Waals surface area contributed by atoms with E-state index < -0.39 is 35.6 Å². The molecule has 3 fully saturated rings. The molecule has 4 atom stereocenters. The summed E-state index contributed by atoms with van der Waals surface area (Å²) in [5.74, 6) is -3.22. The number of carbonyl (C=O) groups is 2. The molecule has 10 heteroatoms. The Morgan fingerprint density at radius 1 is 0.634 bits per heavy atom. The molecule has 8 nitrogen and oxygen atoms in total. The summed E-state index contributed by atoms with van der Waals surface area (Å²) in [6.07, 6.45) is 16.6. The Hall–Kier alpha value is -1.88. The van der Waals surface area contributed by atoms with Crippen molar-refractivity contribution in [3.63, 3.8) is 0 Å². The Labute approximate surface area is 243 Å². The molecule has 0 spiro atoms. The van der Waals surface area contributed by atoms with Gasteiger partial charge in [0.15, 0.2) is 24.2 Å². The van der Waals surface area contributed by atoms with Crippen LogP contribution in [0.1, 0.15) is 109 Å². The Morgan fingerprint density at radius 3 is 1.51 bits per heavy atom. The number of halogens is 2. The van der Waals surface area contributed by atoms with Crippen LogP contribution in [0.3, 0.4) is 0 Å². The quantitative estimate of drug-likeness (QED) is 0.150. The molecular weight excluding hydrogens is 534 g/mol. The number of ether oxygens (including phenoxy) is 4. The third kappa shape index (κ3) is 13.8. The fraction of sp³-hybridized carbons (Fsp3) is 0.806. The minimum Gasteiger partial charge on any atom is -0.353 e. The third-order valence-electron chi connectivity index (χ3n) is 7.81. The van der Waals surface area contributed by atoms with Gasteiger partial charge in [0.05, 0.1) is 0 Å². The smallest absolute Gasteiger partial charge is 0.279 e. The summed E-state index contributed by atoms with van der Waals surface area (Å²) >= 11 is 0. The first-order valence-corrected chi connectivity index (χ1v) is 15.8. The minimum absolute atomic E-state index is 0.0934. The zero-order valence-electron chi connectivity index (χ0n) is 24.5. The maximum absolute atomic E-state index is 14.4. The predicted molar refractivity (Wildman–Crippen MR) is 152 cm³/mol. The molecule has 2 unspecified atom stereocenters. The molecule has 2 amide bonds. The number of hydrogen-bond acceptors (Lipinski definition) is 6. The molecule has 3 rings (SSSR count). The maximum Gasteiger partial charge on any atom is 0.279 e. The lowest BCUT2D eigenvalue weighted by atomic mass is 10.1. The summed E-state index contributed by atoms with van der Waals surface area (Å²) in [4.78, 5) is 24.7. The highest BCUT2D eigenvalue weighted by Crippen LogP contribution is 2.21. The second kappa shape index (κ2) is 20.1. The first-order chi connectivity index (χ1) is 20.0.